The molecule has 0 aliphatic rings. The molecule has 2 aromatic carbocycles. The first kappa shape index (κ1) is 15.7. The Hall–Kier alpha value is -3.20. The Labute approximate surface area is 137 Å². The normalized spacial score (nSPS) is 10.6. The van der Waals surface area contributed by atoms with E-state index >= 15 is 0 Å². The molecule has 0 spiro atoms. The van der Waals surface area contributed by atoms with Gasteiger partial charge < -0.3 is 4.74 Å². The number of halogens is 2. The number of nitriles is 1. The molecule has 4 nitrogen and oxygen atoms in total. The number of imidazole rings is 1. The summed E-state index contributed by atoms with van der Waals surface area (Å²) in [5.41, 5.74) is 2.56. The van der Waals surface area contributed by atoms with Crippen molar-refractivity contribution in [3.8, 4) is 22.9 Å². The van der Waals surface area contributed by atoms with Crippen molar-refractivity contribution in [3.05, 3.63) is 72.3 Å². The predicted molar refractivity (Wildman–Crippen MR) is 84.4 cm³/mol. The third-order valence-corrected chi connectivity index (χ3v) is 3.53. The highest BCUT2D eigenvalue weighted by atomic mass is 19.3. The molecule has 0 fully saturated rings. The Kier molecular flexibility index (Phi) is 4.52. The van der Waals surface area contributed by atoms with E-state index in [9.17, 15) is 8.78 Å². The molecule has 1 aromatic heterocycles. The lowest BCUT2D eigenvalue weighted by atomic mass is 10.0. The van der Waals surface area contributed by atoms with E-state index in [-0.39, 0.29) is 12.4 Å². The summed E-state index contributed by atoms with van der Waals surface area (Å²) in [6.07, 6.45) is 2.54. The number of benzene rings is 2. The Morgan fingerprint density at radius 1 is 1.04 bits per heavy atom. The van der Waals surface area contributed by atoms with Crippen LogP contribution in [0.25, 0.3) is 11.1 Å². The largest absolute Gasteiger partial charge is 0.486 e. The average Bonchev–Trinajstić information content (AvgIpc) is 3.09. The minimum Gasteiger partial charge on any atom is -0.486 e. The van der Waals surface area contributed by atoms with Gasteiger partial charge in [0, 0.05) is 12.4 Å². The van der Waals surface area contributed by atoms with Crippen LogP contribution in [0.2, 0.25) is 0 Å². The topological polar surface area (TPSA) is 50.8 Å². The summed E-state index contributed by atoms with van der Waals surface area (Å²) in [7, 11) is 0. The van der Waals surface area contributed by atoms with Crippen molar-refractivity contribution in [2.45, 2.75) is 13.2 Å². The van der Waals surface area contributed by atoms with Crippen molar-refractivity contribution in [2.24, 2.45) is 0 Å². The van der Waals surface area contributed by atoms with Crippen LogP contribution in [-0.4, -0.2) is 9.55 Å². The van der Waals surface area contributed by atoms with Gasteiger partial charge in [0.15, 0.2) is 5.82 Å². The van der Waals surface area contributed by atoms with Gasteiger partial charge >= 0.3 is 6.55 Å². The zero-order valence-electron chi connectivity index (χ0n) is 12.6. The summed E-state index contributed by atoms with van der Waals surface area (Å²) in [5, 5.41) is 8.81. The fraction of sp³-hybridized carbons (Fsp3) is 0.111. The second-order valence-electron chi connectivity index (χ2n) is 5.03. The number of ether oxygens (including phenoxy) is 1. The fourth-order valence-electron chi connectivity index (χ4n) is 2.26. The van der Waals surface area contributed by atoms with E-state index in [0.717, 1.165) is 15.7 Å². The van der Waals surface area contributed by atoms with E-state index in [4.69, 9.17) is 10.00 Å². The van der Waals surface area contributed by atoms with E-state index in [1.165, 1.54) is 12.4 Å². The molecule has 24 heavy (non-hydrogen) atoms. The lowest BCUT2D eigenvalue weighted by molar-refractivity contribution is 0.0632. The van der Waals surface area contributed by atoms with Crippen LogP contribution in [0, 0.1) is 11.3 Å². The van der Waals surface area contributed by atoms with Gasteiger partial charge in [0.1, 0.15) is 12.4 Å². The van der Waals surface area contributed by atoms with Gasteiger partial charge in [0.05, 0.1) is 11.6 Å². The first-order chi connectivity index (χ1) is 11.7. The highest BCUT2D eigenvalue weighted by Crippen LogP contribution is 2.23. The standard InChI is InChI=1S/C18H13F2N3O/c19-18(20)23-10-9-22-17(23)12-24-16-7-5-15(6-8-16)14-3-1-13(11-21)2-4-14/h1-10,18H,12H2. The molecule has 1 heterocycles. The van der Waals surface area contributed by atoms with Crippen LogP contribution < -0.4 is 4.74 Å². The molecule has 0 bridgehead atoms. The van der Waals surface area contributed by atoms with E-state index < -0.39 is 6.55 Å². The van der Waals surface area contributed by atoms with Crippen LogP contribution in [-0.2, 0) is 6.61 Å². The number of alkyl halides is 2. The first-order valence-electron chi connectivity index (χ1n) is 7.20. The van der Waals surface area contributed by atoms with Crippen LogP contribution in [0.1, 0.15) is 17.9 Å². The van der Waals surface area contributed by atoms with Crippen molar-refractivity contribution in [3.63, 3.8) is 0 Å². The Morgan fingerprint density at radius 3 is 2.25 bits per heavy atom. The molecule has 3 rings (SSSR count). The lowest BCUT2D eigenvalue weighted by Gasteiger charge is -2.09. The smallest absolute Gasteiger partial charge is 0.320 e. The molecule has 0 aliphatic carbocycles. The molecule has 0 saturated carbocycles. The van der Waals surface area contributed by atoms with Gasteiger partial charge in [-0.3, -0.25) is 4.57 Å². The van der Waals surface area contributed by atoms with Crippen LogP contribution in [0.15, 0.2) is 60.9 Å². The minimum atomic E-state index is -2.63. The second-order valence-corrected chi connectivity index (χ2v) is 5.03. The molecule has 120 valence electrons. The fourth-order valence-corrected chi connectivity index (χ4v) is 2.26. The molecule has 3 aromatic rings. The van der Waals surface area contributed by atoms with Gasteiger partial charge in [-0.1, -0.05) is 24.3 Å². The summed E-state index contributed by atoms with van der Waals surface area (Å²) >= 11 is 0. The van der Waals surface area contributed by atoms with Gasteiger partial charge in [0.25, 0.3) is 0 Å². The summed E-state index contributed by atoms with van der Waals surface area (Å²) < 4.78 is 31.7. The molecule has 0 aliphatic heterocycles. The van der Waals surface area contributed by atoms with E-state index in [2.05, 4.69) is 11.1 Å². The molecular formula is C18H13F2N3O. The minimum absolute atomic E-state index is 0.0342. The summed E-state index contributed by atoms with van der Waals surface area (Å²) in [6.45, 7) is -2.67. The summed E-state index contributed by atoms with van der Waals surface area (Å²) in [5.74, 6) is 0.734. The molecule has 6 heteroatoms. The molecule has 0 saturated heterocycles. The van der Waals surface area contributed by atoms with Crippen LogP contribution >= 0.6 is 0 Å². The summed E-state index contributed by atoms with van der Waals surface area (Å²) in [6, 6.07) is 16.6. The lowest BCUT2D eigenvalue weighted by Crippen LogP contribution is -2.07. The van der Waals surface area contributed by atoms with Crippen molar-refractivity contribution < 1.29 is 13.5 Å². The van der Waals surface area contributed by atoms with Crippen LogP contribution in [0.5, 0.6) is 5.75 Å². The highest BCUT2D eigenvalue weighted by molar-refractivity contribution is 5.64. The maximum atomic E-state index is 12.7. The number of aromatic nitrogens is 2. The third-order valence-electron chi connectivity index (χ3n) is 3.53. The Bertz CT molecular complexity index is 849. The Morgan fingerprint density at radius 2 is 1.67 bits per heavy atom. The van der Waals surface area contributed by atoms with E-state index in [1.807, 2.05) is 24.3 Å². The SMILES string of the molecule is N#Cc1ccc(-c2ccc(OCc3nccn3C(F)F)cc2)cc1. The first-order valence-corrected chi connectivity index (χ1v) is 7.20. The van der Waals surface area contributed by atoms with Crippen molar-refractivity contribution in [1.82, 2.24) is 9.55 Å². The third kappa shape index (κ3) is 3.41. The van der Waals surface area contributed by atoms with E-state index in [0.29, 0.717) is 11.3 Å². The maximum Gasteiger partial charge on any atom is 0.320 e. The quantitative estimate of drug-likeness (QED) is 0.699. The van der Waals surface area contributed by atoms with Gasteiger partial charge in [-0.05, 0) is 35.4 Å². The van der Waals surface area contributed by atoms with Crippen molar-refractivity contribution in [1.29, 1.82) is 5.26 Å². The van der Waals surface area contributed by atoms with Gasteiger partial charge in [0.2, 0.25) is 0 Å². The maximum absolute atomic E-state index is 12.7. The van der Waals surface area contributed by atoms with Crippen molar-refractivity contribution in [2.75, 3.05) is 0 Å². The van der Waals surface area contributed by atoms with Gasteiger partial charge in [-0.2, -0.15) is 14.0 Å². The highest BCUT2D eigenvalue weighted by Gasteiger charge is 2.11. The second kappa shape index (κ2) is 6.92. The van der Waals surface area contributed by atoms with E-state index in [1.54, 1.807) is 24.3 Å². The predicted octanol–water partition coefficient (Wildman–Crippen LogP) is 4.40. The number of rotatable bonds is 5. The number of nitrogens with zero attached hydrogens (tertiary/aromatic N) is 3. The van der Waals surface area contributed by atoms with Crippen LogP contribution in [0.3, 0.4) is 0 Å². The number of hydrogen-bond donors (Lipinski definition) is 0. The Balaban J connectivity index is 1.68. The molecule has 0 amide bonds. The zero-order chi connectivity index (χ0) is 16.9. The summed E-state index contributed by atoms with van der Waals surface area (Å²) in [4.78, 5) is 3.87. The van der Waals surface area contributed by atoms with Gasteiger partial charge in [-0.25, -0.2) is 4.98 Å². The van der Waals surface area contributed by atoms with Gasteiger partial charge in [-0.15, -0.1) is 0 Å². The monoisotopic (exact) mass is 325 g/mol. The average molecular weight is 325 g/mol. The molecule has 0 unspecified atom stereocenters. The molecule has 0 N–H and O–H groups in total. The van der Waals surface area contributed by atoms with Crippen LogP contribution in [0.4, 0.5) is 8.78 Å². The molecule has 0 atom stereocenters. The number of hydrogen-bond acceptors (Lipinski definition) is 3. The molecular weight excluding hydrogens is 312 g/mol. The van der Waals surface area contributed by atoms with Crippen molar-refractivity contribution >= 4 is 0 Å². The molecule has 0 radical (unpaired) electrons. The zero-order valence-corrected chi connectivity index (χ0v) is 12.6.